The average molecular weight is 933 g/mol. The van der Waals surface area contributed by atoms with Gasteiger partial charge in [0.05, 0.1) is 0 Å². The number of aryl methyl sites for hydroxylation is 4. The van der Waals surface area contributed by atoms with Crippen LogP contribution in [-0.2, 0) is 30.8 Å². The number of phosphoric ester groups is 2. The van der Waals surface area contributed by atoms with Crippen LogP contribution in [0.5, 0.6) is 23.0 Å². The van der Waals surface area contributed by atoms with E-state index in [1.807, 2.05) is 52.0 Å². The van der Waals surface area contributed by atoms with Crippen molar-refractivity contribution in [2.45, 2.75) is 184 Å². The minimum atomic E-state index is -4.72. The fraction of sp³-hybridized carbons (Fsp3) is 0.538. The van der Waals surface area contributed by atoms with Gasteiger partial charge in [-0.1, -0.05) is 169 Å². The number of fused-ring (bicyclic) bond motifs is 4. The molecule has 0 radical (unpaired) electrons. The van der Waals surface area contributed by atoms with Crippen LogP contribution in [0.1, 0.15) is 201 Å². The average Bonchev–Trinajstić information content (AvgIpc) is 3.09. The molecule has 2 heterocycles. The standard InChI is InChI=1S/C32H49O4P.C20H25O4P.2Na/c1-14-15-22-23-16-20(29(2,3)4)18-25(31(8,9)10)27(23)35-37(33,34)36-28-24(22)17-21(30(5,6)7)19-26(28)32(11,12)13;1-6-7-16-17-10-12(2)8-14(4)19(17)23-25(21,22)24-20-15(5)9-13(3)11-18(16)20;;/h16-19,22H,14-15H2,1-13H3,(H,33,34);8-11,16H,6-7H2,1-5H3,(H,21,22);;/q;;2*+1/p-2. The second-order valence-electron chi connectivity index (χ2n) is 21.8. The summed E-state index contributed by atoms with van der Waals surface area (Å²) in [7, 11) is -9.22. The molecule has 0 spiro atoms. The summed E-state index contributed by atoms with van der Waals surface area (Å²) >= 11 is 0. The van der Waals surface area contributed by atoms with Gasteiger partial charge in [-0.25, -0.2) is 9.13 Å². The van der Waals surface area contributed by atoms with Gasteiger partial charge in [0.25, 0.3) is 0 Å². The van der Waals surface area contributed by atoms with Gasteiger partial charge in [0.15, 0.2) is 0 Å². The van der Waals surface area contributed by atoms with Crippen LogP contribution < -0.4 is 87.0 Å². The molecule has 0 unspecified atom stereocenters. The van der Waals surface area contributed by atoms with Gasteiger partial charge in [-0.05, 0) is 84.5 Å². The summed E-state index contributed by atoms with van der Waals surface area (Å²) in [6, 6.07) is 16.6. The minimum absolute atomic E-state index is 0. The topological polar surface area (TPSA) is 117 Å². The number of hydrogen-bond donors (Lipinski definition) is 0. The quantitative estimate of drug-likeness (QED) is 0.149. The zero-order chi connectivity index (χ0) is 46.7. The Morgan fingerprint density at radius 3 is 1.00 bits per heavy atom. The van der Waals surface area contributed by atoms with Crippen LogP contribution in [0.15, 0.2) is 48.5 Å². The zero-order valence-electron chi connectivity index (χ0n) is 42.8. The van der Waals surface area contributed by atoms with Crippen molar-refractivity contribution in [3.05, 3.63) is 115 Å². The van der Waals surface area contributed by atoms with Crippen LogP contribution in [-0.4, -0.2) is 0 Å². The van der Waals surface area contributed by atoms with Crippen LogP contribution in [0.25, 0.3) is 0 Å². The predicted octanol–water partition coefficient (Wildman–Crippen LogP) is 8.15. The molecule has 340 valence electrons. The first-order valence-corrected chi connectivity index (χ1v) is 25.2. The van der Waals surface area contributed by atoms with Crippen molar-refractivity contribution < 1.29 is 96.1 Å². The van der Waals surface area contributed by atoms with Gasteiger partial charge >= 0.3 is 74.8 Å². The Bertz CT molecular complexity index is 2280. The second kappa shape index (κ2) is 20.6. The maximum atomic E-state index is 13.5. The van der Waals surface area contributed by atoms with Gasteiger partial charge in [0, 0.05) is 45.2 Å². The van der Waals surface area contributed by atoms with Gasteiger partial charge < -0.3 is 27.9 Å². The molecule has 0 bridgehead atoms. The van der Waals surface area contributed by atoms with Gasteiger partial charge in [0.2, 0.25) is 0 Å². The molecule has 0 fully saturated rings. The molecule has 8 nitrogen and oxygen atoms in total. The molecule has 0 aliphatic carbocycles. The molecule has 4 aromatic carbocycles. The largest absolute Gasteiger partial charge is 1.00 e. The van der Waals surface area contributed by atoms with Crippen LogP contribution in [0.4, 0.5) is 0 Å². The van der Waals surface area contributed by atoms with E-state index in [-0.39, 0.29) is 92.6 Å². The molecule has 0 aromatic heterocycles. The Morgan fingerprint density at radius 1 is 0.453 bits per heavy atom. The third kappa shape index (κ3) is 13.0. The minimum Gasteiger partial charge on any atom is -0.736 e. The first-order chi connectivity index (χ1) is 28.3. The van der Waals surface area contributed by atoms with Gasteiger partial charge in [0.1, 0.15) is 23.0 Å². The van der Waals surface area contributed by atoms with Crippen molar-refractivity contribution in [3.8, 4) is 23.0 Å². The molecule has 0 N–H and O–H groups in total. The van der Waals surface area contributed by atoms with Crippen LogP contribution in [0, 0.1) is 27.7 Å². The summed E-state index contributed by atoms with van der Waals surface area (Å²) in [5, 5.41) is 0. The third-order valence-electron chi connectivity index (χ3n) is 11.9. The summed E-state index contributed by atoms with van der Waals surface area (Å²) in [6.07, 6.45) is 3.65. The first kappa shape index (κ1) is 56.8. The van der Waals surface area contributed by atoms with Crippen molar-refractivity contribution in [1.82, 2.24) is 0 Å². The second-order valence-corrected chi connectivity index (χ2v) is 24.3. The molecule has 2 aliphatic rings. The molecule has 6 rings (SSSR count). The molecular formula is C52H72Na2O8P2. The summed E-state index contributed by atoms with van der Waals surface area (Å²) in [4.78, 5) is 26.0. The van der Waals surface area contributed by atoms with Crippen molar-refractivity contribution in [2.24, 2.45) is 0 Å². The fourth-order valence-corrected chi connectivity index (χ4v) is 10.6. The molecule has 2 aliphatic heterocycles. The monoisotopic (exact) mass is 932 g/mol. The van der Waals surface area contributed by atoms with Crippen molar-refractivity contribution >= 4 is 15.6 Å². The SMILES string of the molecule is CCCC1c2cc(C(C)(C)C)cc(C(C)(C)C)c2OP(=O)([O-])Oc2c1cc(C(C)(C)C)cc2C(C)(C)C.CCCC1c2cc(C)cc(C)c2OP(=O)([O-])Oc2c(C)cc(C)cc21.[Na+].[Na+]. The van der Waals surface area contributed by atoms with E-state index >= 15 is 0 Å². The number of phosphoric acid groups is 2. The van der Waals surface area contributed by atoms with Gasteiger partial charge in [-0.2, -0.15) is 0 Å². The van der Waals surface area contributed by atoms with Gasteiger partial charge in [-0.3, -0.25) is 0 Å². The molecule has 12 heteroatoms. The smallest absolute Gasteiger partial charge is 0.736 e. The summed E-state index contributed by atoms with van der Waals surface area (Å²) in [5.74, 6) is 1.65. The molecular weight excluding hydrogens is 860 g/mol. The van der Waals surface area contributed by atoms with E-state index in [4.69, 9.17) is 18.1 Å². The Kier molecular flexibility index (Phi) is 18.3. The van der Waals surface area contributed by atoms with E-state index in [0.717, 1.165) is 81.3 Å². The molecule has 0 saturated heterocycles. The Hall–Kier alpha value is -1.54. The normalized spacial score (nSPS) is 20.6. The summed E-state index contributed by atoms with van der Waals surface area (Å²) < 4.78 is 48.7. The maximum Gasteiger partial charge on any atom is 1.00 e. The van der Waals surface area contributed by atoms with Gasteiger partial charge in [-0.15, -0.1) is 0 Å². The van der Waals surface area contributed by atoms with Crippen LogP contribution >= 0.6 is 15.6 Å². The maximum absolute atomic E-state index is 13.5. The first-order valence-electron chi connectivity index (χ1n) is 22.3. The summed E-state index contributed by atoms with van der Waals surface area (Å²) in [6.45, 7) is 37.9. The van der Waals surface area contributed by atoms with E-state index in [1.165, 1.54) is 11.1 Å². The molecule has 0 amide bonds. The van der Waals surface area contributed by atoms with Crippen LogP contribution in [0.2, 0.25) is 0 Å². The third-order valence-corrected chi connectivity index (χ3v) is 13.6. The number of hydrogen-bond acceptors (Lipinski definition) is 8. The van der Waals surface area contributed by atoms with E-state index in [1.54, 1.807) is 0 Å². The predicted molar refractivity (Wildman–Crippen MR) is 251 cm³/mol. The Balaban J connectivity index is 0.000000353. The Labute approximate surface area is 430 Å². The van der Waals surface area contributed by atoms with E-state index in [9.17, 15) is 18.9 Å². The Morgan fingerprint density at radius 2 is 0.734 bits per heavy atom. The summed E-state index contributed by atoms with van der Waals surface area (Å²) in [5.41, 5.74) is 10.8. The fourth-order valence-electron chi connectivity index (χ4n) is 8.76. The molecule has 0 atom stereocenters. The van der Waals surface area contributed by atoms with Crippen molar-refractivity contribution in [1.29, 1.82) is 0 Å². The van der Waals surface area contributed by atoms with E-state index in [2.05, 4.69) is 121 Å². The van der Waals surface area contributed by atoms with Crippen molar-refractivity contribution in [3.63, 3.8) is 0 Å². The molecule has 0 saturated carbocycles. The zero-order valence-corrected chi connectivity index (χ0v) is 48.6. The van der Waals surface area contributed by atoms with E-state index in [0.29, 0.717) is 23.0 Å². The van der Waals surface area contributed by atoms with Crippen molar-refractivity contribution in [2.75, 3.05) is 0 Å². The number of benzene rings is 4. The number of rotatable bonds is 4. The van der Waals surface area contributed by atoms with E-state index < -0.39 is 15.6 Å². The van der Waals surface area contributed by atoms with Crippen LogP contribution in [0.3, 0.4) is 0 Å². The molecule has 4 aromatic rings. The molecule has 64 heavy (non-hydrogen) atoms.